The van der Waals surface area contributed by atoms with Gasteiger partial charge in [-0.1, -0.05) is 0 Å². The Morgan fingerprint density at radius 3 is 3.32 bits per heavy atom. The highest BCUT2D eigenvalue weighted by molar-refractivity contribution is 7.10. The van der Waals surface area contributed by atoms with E-state index in [1.54, 1.807) is 17.5 Å². The number of Topliss-reactive ketones (excluding diaryl/α,β-unsaturated/α-hetero) is 1. The molecule has 0 aliphatic heterocycles. The van der Waals surface area contributed by atoms with Gasteiger partial charge < -0.3 is 4.57 Å². The smallest absolute Gasteiger partial charge is 0.147 e. The summed E-state index contributed by atoms with van der Waals surface area (Å²) in [5.41, 5.74) is 1.27. The fourth-order valence-corrected chi connectivity index (χ4v) is 3.88. The predicted molar refractivity (Wildman–Crippen MR) is 76.6 cm³/mol. The number of imidazole rings is 1. The molecule has 0 radical (unpaired) electrons. The zero-order valence-corrected chi connectivity index (χ0v) is 11.9. The largest absolute Gasteiger partial charge is 0.335 e. The van der Waals surface area contributed by atoms with Crippen LogP contribution in [0.1, 0.15) is 41.9 Å². The molecule has 4 heteroatoms. The molecule has 0 saturated heterocycles. The average molecular weight is 274 g/mol. The van der Waals surface area contributed by atoms with Gasteiger partial charge in [0, 0.05) is 29.7 Å². The molecular formula is C15H18N2OS. The van der Waals surface area contributed by atoms with E-state index in [4.69, 9.17) is 0 Å². The molecule has 1 aliphatic rings. The third kappa shape index (κ3) is 2.37. The number of nitrogens with zero attached hydrogens (tertiary/aromatic N) is 2. The van der Waals surface area contributed by atoms with Crippen LogP contribution in [-0.4, -0.2) is 15.3 Å². The summed E-state index contributed by atoms with van der Waals surface area (Å²) in [6.45, 7) is 2.95. The maximum Gasteiger partial charge on any atom is 0.147 e. The molecule has 2 heterocycles. The van der Waals surface area contributed by atoms with Gasteiger partial charge in [0.25, 0.3) is 0 Å². The number of carbonyl (C=O) groups excluding carboxylic acids is 1. The second-order valence-corrected chi connectivity index (χ2v) is 6.02. The van der Waals surface area contributed by atoms with Gasteiger partial charge in [0.1, 0.15) is 11.6 Å². The predicted octanol–water partition coefficient (Wildman–Crippen LogP) is 3.20. The van der Waals surface area contributed by atoms with Gasteiger partial charge in [-0.25, -0.2) is 4.98 Å². The molecule has 100 valence electrons. The third-order valence-corrected chi connectivity index (χ3v) is 4.91. The van der Waals surface area contributed by atoms with Crippen LogP contribution >= 0.6 is 11.3 Å². The van der Waals surface area contributed by atoms with E-state index >= 15 is 0 Å². The van der Waals surface area contributed by atoms with Crippen LogP contribution in [0, 0.1) is 0 Å². The first-order chi connectivity index (χ1) is 9.29. The second kappa shape index (κ2) is 5.29. The number of thiophene rings is 1. The quantitative estimate of drug-likeness (QED) is 0.858. The van der Waals surface area contributed by atoms with Crippen LogP contribution in [0.3, 0.4) is 0 Å². The Hall–Kier alpha value is -1.42. The maximum atomic E-state index is 12.5. The number of aryl methyl sites for hydroxylation is 2. The van der Waals surface area contributed by atoms with Crippen molar-refractivity contribution in [3.8, 4) is 0 Å². The number of ketones is 1. The van der Waals surface area contributed by atoms with Crippen LogP contribution in [0.5, 0.6) is 0 Å². The molecule has 0 saturated carbocycles. The minimum atomic E-state index is 0.0945. The van der Waals surface area contributed by atoms with Crippen molar-refractivity contribution < 1.29 is 4.79 Å². The van der Waals surface area contributed by atoms with Gasteiger partial charge in [-0.3, -0.25) is 4.79 Å². The van der Waals surface area contributed by atoms with Crippen LogP contribution in [-0.2, 0) is 24.2 Å². The summed E-state index contributed by atoms with van der Waals surface area (Å²) in [7, 11) is 0. The fourth-order valence-electron chi connectivity index (χ4n) is 2.90. The summed E-state index contributed by atoms with van der Waals surface area (Å²) in [4.78, 5) is 18.3. The Morgan fingerprint density at radius 2 is 2.47 bits per heavy atom. The molecule has 0 N–H and O–H groups in total. The topological polar surface area (TPSA) is 34.9 Å². The summed E-state index contributed by atoms with van der Waals surface area (Å²) < 4.78 is 2.05. The van der Waals surface area contributed by atoms with Gasteiger partial charge >= 0.3 is 0 Å². The molecule has 2 aromatic rings. The van der Waals surface area contributed by atoms with Crippen molar-refractivity contribution >= 4 is 17.1 Å². The number of hydrogen-bond acceptors (Lipinski definition) is 3. The van der Waals surface area contributed by atoms with Crippen molar-refractivity contribution in [2.75, 3.05) is 0 Å². The van der Waals surface area contributed by atoms with Crippen molar-refractivity contribution in [2.24, 2.45) is 0 Å². The summed E-state index contributed by atoms with van der Waals surface area (Å²) in [6, 6.07) is 2.13. The van der Waals surface area contributed by atoms with Gasteiger partial charge in [-0.05, 0) is 43.2 Å². The van der Waals surface area contributed by atoms with E-state index in [9.17, 15) is 4.79 Å². The molecule has 0 bridgehead atoms. The lowest BCUT2D eigenvalue weighted by atomic mass is 9.84. The molecule has 2 aromatic heterocycles. The molecule has 1 unspecified atom stereocenters. The Morgan fingerprint density at radius 1 is 1.58 bits per heavy atom. The molecule has 19 heavy (non-hydrogen) atoms. The minimum absolute atomic E-state index is 0.0945. The van der Waals surface area contributed by atoms with E-state index in [2.05, 4.69) is 27.9 Å². The van der Waals surface area contributed by atoms with Crippen molar-refractivity contribution in [3.05, 3.63) is 40.1 Å². The van der Waals surface area contributed by atoms with Crippen LogP contribution < -0.4 is 0 Å². The van der Waals surface area contributed by atoms with Crippen molar-refractivity contribution in [1.82, 2.24) is 9.55 Å². The standard InChI is InChI=1S/C15H18N2OS/c1-2-17-8-7-16-15(17)10-13(18)11-4-3-5-14-12(11)6-9-19-14/h6-9,11H,2-5,10H2,1H3. The molecule has 3 rings (SSSR count). The van der Waals surface area contributed by atoms with E-state index in [0.29, 0.717) is 12.2 Å². The zero-order chi connectivity index (χ0) is 13.2. The Kier molecular flexibility index (Phi) is 3.51. The maximum absolute atomic E-state index is 12.5. The van der Waals surface area contributed by atoms with E-state index < -0.39 is 0 Å². The first kappa shape index (κ1) is 12.6. The van der Waals surface area contributed by atoms with Gasteiger partial charge in [0.2, 0.25) is 0 Å². The van der Waals surface area contributed by atoms with Crippen LogP contribution in [0.2, 0.25) is 0 Å². The normalized spacial score (nSPS) is 18.3. The van der Waals surface area contributed by atoms with Crippen LogP contribution in [0.25, 0.3) is 0 Å². The first-order valence-electron chi connectivity index (χ1n) is 6.88. The Bertz CT molecular complexity index is 584. The lowest BCUT2D eigenvalue weighted by molar-refractivity contribution is -0.120. The second-order valence-electron chi connectivity index (χ2n) is 5.02. The molecule has 3 nitrogen and oxygen atoms in total. The lowest BCUT2D eigenvalue weighted by Crippen LogP contribution is -2.20. The van der Waals surface area contributed by atoms with Gasteiger partial charge in [0.05, 0.1) is 6.42 Å². The number of aromatic nitrogens is 2. The molecule has 1 aliphatic carbocycles. The zero-order valence-electron chi connectivity index (χ0n) is 11.1. The lowest BCUT2D eigenvalue weighted by Gasteiger charge is -2.21. The summed E-state index contributed by atoms with van der Waals surface area (Å²) >= 11 is 1.79. The van der Waals surface area contributed by atoms with Crippen molar-refractivity contribution in [2.45, 2.75) is 45.1 Å². The summed E-state index contributed by atoms with van der Waals surface area (Å²) in [6.07, 6.45) is 7.45. The number of fused-ring (bicyclic) bond motifs is 1. The van der Waals surface area contributed by atoms with Gasteiger partial charge in [0.15, 0.2) is 0 Å². The van der Waals surface area contributed by atoms with E-state index in [0.717, 1.165) is 31.6 Å². The Balaban J connectivity index is 1.79. The molecular weight excluding hydrogens is 256 g/mol. The SMILES string of the molecule is CCn1ccnc1CC(=O)C1CCCc2sccc21. The highest BCUT2D eigenvalue weighted by atomic mass is 32.1. The first-order valence-corrected chi connectivity index (χ1v) is 7.76. The van der Waals surface area contributed by atoms with Gasteiger partial charge in [-0.15, -0.1) is 11.3 Å². The van der Waals surface area contributed by atoms with E-state index in [-0.39, 0.29) is 5.92 Å². The third-order valence-electron chi connectivity index (χ3n) is 3.92. The minimum Gasteiger partial charge on any atom is -0.335 e. The fraction of sp³-hybridized carbons (Fsp3) is 0.467. The highest BCUT2D eigenvalue weighted by Gasteiger charge is 2.27. The van der Waals surface area contributed by atoms with Crippen molar-refractivity contribution in [1.29, 1.82) is 0 Å². The molecule has 0 aromatic carbocycles. The highest BCUT2D eigenvalue weighted by Crippen LogP contribution is 2.35. The Labute approximate surface area is 117 Å². The van der Waals surface area contributed by atoms with E-state index in [1.807, 2.05) is 6.20 Å². The number of carbonyl (C=O) groups is 1. The average Bonchev–Trinajstić information content (AvgIpc) is 3.05. The summed E-state index contributed by atoms with van der Waals surface area (Å²) in [5, 5.41) is 2.11. The molecule has 0 spiro atoms. The number of hydrogen-bond donors (Lipinski definition) is 0. The number of rotatable bonds is 4. The van der Waals surface area contributed by atoms with Crippen molar-refractivity contribution in [3.63, 3.8) is 0 Å². The van der Waals surface area contributed by atoms with E-state index in [1.165, 1.54) is 10.4 Å². The molecule has 0 amide bonds. The molecule has 0 fully saturated rings. The summed E-state index contributed by atoms with van der Waals surface area (Å²) in [5.74, 6) is 1.31. The van der Waals surface area contributed by atoms with Crippen LogP contribution in [0.4, 0.5) is 0 Å². The monoisotopic (exact) mass is 274 g/mol. The molecule has 1 atom stereocenters. The van der Waals surface area contributed by atoms with Crippen LogP contribution in [0.15, 0.2) is 23.8 Å². The van der Waals surface area contributed by atoms with Gasteiger partial charge in [-0.2, -0.15) is 0 Å².